The van der Waals surface area contributed by atoms with E-state index in [-0.39, 0.29) is 18.0 Å². The molecule has 4 rings (SSSR count). The van der Waals surface area contributed by atoms with Crippen molar-refractivity contribution < 1.29 is 9.53 Å². The van der Waals surface area contributed by atoms with Gasteiger partial charge in [0.2, 0.25) is 0 Å². The molecule has 5 heteroatoms. The molecule has 2 unspecified atom stereocenters. The fourth-order valence-electron chi connectivity index (χ4n) is 3.67. The van der Waals surface area contributed by atoms with Gasteiger partial charge >= 0.3 is 0 Å². The Bertz CT molecular complexity index is 996. The third kappa shape index (κ3) is 3.85. The Morgan fingerprint density at radius 1 is 1.18 bits per heavy atom. The maximum atomic E-state index is 12.8. The lowest BCUT2D eigenvalue weighted by molar-refractivity contribution is 0.0939. The van der Waals surface area contributed by atoms with Gasteiger partial charge in [-0.2, -0.15) is 0 Å². The SMILES string of the molecule is Cc1ccccc1C(=O)NC(C)c1cc(NC2CCOC2)nc2ccccc12. The number of benzene rings is 2. The first kappa shape index (κ1) is 18.4. The van der Waals surface area contributed by atoms with Crippen molar-refractivity contribution in [2.24, 2.45) is 0 Å². The normalized spacial score (nSPS) is 17.4. The maximum Gasteiger partial charge on any atom is 0.252 e. The average Bonchev–Trinajstić information content (AvgIpc) is 3.20. The van der Waals surface area contributed by atoms with E-state index in [2.05, 4.69) is 16.7 Å². The third-order valence-corrected chi connectivity index (χ3v) is 5.23. The Kier molecular flexibility index (Phi) is 5.26. The van der Waals surface area contributed by atoms with Gasteiger partial charge in [0.25, 0.3) is 5.91 Å². The van der Waals surface area contributed by atoms with Crippen molar-refractivity contribution >= 4 is 22.6 Å². The van der Waals surface area contributed by atoms with Crippen LogP contribution in [0.25, 0.3) is 10.9 Å². The largest absolute Gasteiger partial charge is 0.379 e. The topological polar surface area (TPSA) is 63.2 Å². The summed E-state index contributed by atoms with van der Waals surface area (Å²) in [5.74, 6) is 0.756. The van der Waals surface area contributed by atoms with Crippen molar-refractivity contribution in [2.45, 2.75) is 32.4 Å². The van der Waals surface area contributed by atoms with Gasteiger partial charge in [0.1, 0.15) is 5.82 Å². The van der Waals surface area contributed by atoms with E-state index in [4.69, 9.17) is 9.72 Å². The van der Waals surface area contributed by atoms with Gasteiger partial charge in [0, 0.05) is 17.6 Å². The number of ether oxygens (including phenoxy) is 1. The number of aromatic nitrogens is 1. The summed E-state index contributed by atoms with van der Waals surface area (Å²) in [5.41, 5.74) is 3.64. The molecule has 144 valence electrons. The van der Waals surface area contributed by atoms with Gasteiger partial charge in [-0.15, -0.1) is 0 Å². The Morgan fingerprint density at radius 3 is 2.75 bits per heavy atom. The minimum absolute atomic E-state index is 0.0646. The minimum Gasteiger partial charge on any atom is -0.379 e. The highest BCUT2D eigenvalue weighted by Gasteiger charge is 2.19. The highest BCUT2D eigenvalue weighted by Crippen LogP contribution is 2.27. The van der Waals surface area contributed by atoms with Crippen LogP contribution in [0, 0.1) is 6.92 Å². The number of para-hydroxylation sites is 1. The molecule has 0 bridgehead atoms. The first-order chi connectivity index (χ1) is 13.6. The number of hydrogen-bond donors (Lipinski definition) is 2. The van der Waals surface area contributed by atoms with Gasteiger partial charge in [0.15, 0.2) is 0 Å². The van der Waals surface area contributed by atoms with Gasteiger partial charge in [-0.05, 0) is 49.6 Å². The summed E-state index contributed by atoms with van der Waals surface area (Å²) in [7, 11) is 0. The van der Waals surface area contributed by atoms with Crippen LogP contribution in [-0.4, -0.2) is 30.1 Å². The monoisotopic (exact) mass is 375 g/mol. The van der Waals surface area contributed by atoms with Crippen LogP contribution >= 0.6 is 0 Å². The number of pyridine rings is 1. The second-order valence-corrected chi connectivity index (χ2v) is 7.33. The number of nitrogens with zero attached hydrogens (tertiary/aromatic N) is 1. The Morgan fingerprint density at radius 2 is 1.96 bits per heavy atom. The second-order valence-electron chi connectivity index (χ2n) is 7.33. The molecule has 0 aliphatic carbocycles. The number of carbonyl (C=O) groups is 1. The molecule has 5 nitrogen and oxygen atoms in total. The Hall–Kier alpha value is -2.92. The van der Waals surface area contributed by atoms with Crippen LogP contribution in [0.4, 0.5) is 5.82 Å². The van der Waals surface area contributed by atoms with Crippen LogP contribution in [0.1, 0.15) is 40.9 Å². The molecular weight excluding hydrogens is 350 g/mol. The zero-order valence-corrected chi connectivity index (χ0v) is 16.2. The van der Waals surface area contributed by atoms with Gasteiger partial charge in [0.05, 0.1) is 24.2 Å². The minimum atomic E-state index is -0.152. The zero-order valence-electron chi connectivity index (χ0n) is 16.2. The number of nitrogens with one attached hydrogen (secondary N) is 2. The fraction of sp³-hybridized carbons (Fsp3) is 0.304. The molecule has 0 saturated carbocycles. The lowest BCUT2D eigenvalue weighted by Gasteiger charge is -2.20. The molecule has 2 aromatic carbocycles. The van der Waals surface area contributed by atoms with E-state index in [1.165, 1.54) is 0 Å². The van der Waals surface area contributed by atoms with E-state index in [0.717, 1.165) is 40.9 Å². The first-order valence-electron chi connectivity index (χ1n) is 9.72. The lowest BCUT2D eigenvalue weighted by atomic mass is 10.0. The van der Waals surface area contributed by atoms with Crippen molar-refractivity contribution in [3.63, 3.8) is 0 Å². The van der Waals surface area contributed by atoms with E-state index in [1.54, 1.807) is 0 Å². The average molecular weight is 375 g/mol. The van der Waals surface area contributed by atoms with Crippen LogP contribution in [0.15, 0.2) is 54.6 Å². The molecule has 1 aliphatic rings. The van der Waals surface area contributed by atoms with Crippen molar-refractivity contribution in [1.29, 1.82) is 0 Å². The summed E-state index contributed by atoms with van der Waals surface area (Å²) in [6.45, 7) is 5.44. The molecular formula is C23H25N3O2. The predicted molar refractivity (Wildman–Crippen MR) is 112 cm³/mol. The summed E-state index contributed by atoms with van der Waals surface area (Å²) < 4.78 is 5.46. The number of hydrogen-bond acceptors (Lipinski definition) is 4. The smallest absolute Gasteiger partial charge is 0.252 e. The number of fused-ring (bicyclic) bond motifs is 1. The second kappa shape index (κ2) is 7.98. The Labute approximate surface area is 165 Å². The zero-order chi connectivity index (χ0) is 19.5. The number of carbonyl (C=O) groups excluding carboxylic acids is 1. The fourth-order valence-corrected chi connectivity index (χ4v) is 3.67. The molecule has 1 saturated heterocycles. The van der Waals surface area contributed by atoms with Gasteiger partial charge in [-0.3, -0.25) is 4.79 Å². The molecule has 3 aromatic rings. The van der Waals surface area contributed by atoms with Crippen molar-refractivity contribution in [3.05, 3.63) is 71.3 Å². The van der Waals surface area contributed by atoms with Crippen LogP contribution in [0.5, 0.6) is 0 Å². The Balaban J connectivity index is 1.64. The van der Waals surface area contributed by atoms with E-state index in [9.17, 15) is 4.79 Å². The standard InChI is InChI=1S/C23H25N3O2/c1-15-7-3-4-8-18(15)23(27)24-16(2)20-13-22(25-17-11-12-28-14-17)26-21-10-6-5-9-19(20)21/h3-10,13,16-17H,11-12,14H2,1-2H3,(H,24,27)(H,25,26). The van der Waals surface area contributed by atoms with E-state index in [1.807, 2.05) is 62.4 Å². The number of aryl methyl sites for hydroxylation is 1. The molecule has 1 aromatic heterocycles. The highest BCUT2D eigenvalue weighted by molar-refractivity contribution is 5.96. The van der Waals surface area contributed by atoms with E-state index < -0.39 is 0 Å². The van der Waals surface area contributed by atoms with Crippen molar-refractivity contribution in [2.75, 3.05) is 18.5 Å². The molecule has 1 fully saturated rings. The van der Waals surface area contributed by atoms with Gasteiger partial charge < -0.3 is 15.4 Å². The summed E-state index contributed by atoms with van der Waals surface area (Å²) in [6, 6.07) is 17.8. The van der Waals surface area contributed by atoms with E-state index in [0.29, 0.717) is 12.2 Å². The molecule has 2 N–H and O–H groups in total. The van der Waals surface area contributed by atoms with Gasteiger partial charge in [-0.1, -0.05) is 36.4 Å². The first-order valence-corrected chi connectivity index (χ1v) is 9.72. The molecule has 1 amide bonds. The quantitative estimate of drug-likeness (QED) is 0.700. The molecule has 0 spiro atoms. The molecule has 2 heterocycles. The molecule has 2 atom stereocenters. The van der Waals surface area contributed by atoms with Crippen LogP contribution in [0.3, 0.4) is 0 Å². The molecule has 0 radical (unpaired) electrons. The molecule has 1 aliphatic heterocycles. The summed E-state index contributed by atoms with van der Waals surface area (Å²) in [6.07, 6.45) is 0.976. The van der Waals surface area contributed by atoms with Gasteiger partial charge in [-0.25, -0.2) is 4.98 Å². The van der Waals surface area contributed by atoms with Crippen LogP contribution in [0.2, 0.25) is 0 Å². The number of rotatable bonds is 5. The van der Waals surface area contributed by atoms with E-state index >= 15 is 0 Å². The van der Waals surface area contributed by atoms with Crippen LogP contribution < -0.4 is 10.6 Å². The number of anilines is 1. The number of amides is 1. The molecule has 28 heavy (non-hydrogen) atoms. The maximum absolute atomic E-state index is 12.8. The summed E-state index contributed by atoms with van der Waals surface area (Å²) >= 11 is 0. The van der Waals surface area contributed by atoms with Crippen molar-refractivity contribution in [1.82, 2.24) is 10.3 Å². The van der Waals surface area contributed by atoms with Crippen molar-refractivity contribution in [3.8, 4) is 0 Å². The highest BCUT2D eigenvalue weighted by atomic mass is 16.5. The van der Waals surface area contributed by atoms with Crippen LogP contribution in [-0.2, 0) is 4.74 Å². The summed E-state index contributed by atoms with van der Waals surface area (Å²) in [5, 5.41) is 7.67. The summed E-state index contributed by atoms with van der Waals surface area (Å²) in [4.78, 5) is 17.5. The predicted octanol–water partition coefficient (Wildman–Crippen LogP) is 4.24. The third-order valence-electron chi connectivity index (χ3n) is 5.23. The lowest BCUT2D eigenvalue weighted by Crippen LogP contribution is -2.27.